The van der Waals surface area contributed by atoms with Gasteiger partial charge in [-0.2, -0.15) is 10.0 Å². The molecule has 10 rings (SSSR count). The first-order valence-corrected chi connectivity index (χ1v) is 20.8. The van der Waals surface area contributed by atoms with E-state index in [-0.39, 0.29) is 0 Å². The van der Waals surface area contributed by atoms with Crippen LogP contribution in [0.15, 0.2) is 155 Å². The smallest absolute Gasteiger partial charge is 0.0985 e. The number of hydrogen-bond acceptors (Lipinski definition) is 2. The van der Waals surface area contributed by atoms with Gasteiger partial charge in [0.1, 0.15) is 0 Å². The van der Waals surface area contributed by atoms with Crippen molar-refractivity contribution in [2.24, 2.45) is 0 Å². The molecule has 51 heavy (non-hydrogen) atoms. The van der Waals surface area contributed by atoms with Crippen LogP contribution in [0.5, 0.6) is 0 Å². The standard InChI is InChI=1S/C48H35NS2/c1-51(2)45-29-28-41-40-22-9-11-25-44(40)50-48(41)47(45)42-27-26-36(31-46(42)51)49(35-19-12-18-34(30-35)32-14-4-3-5-15-32)43-24-10-8-21-39(43)38-23-13-17-33-16-6-7-20-37(33)38/h3-12,14-22,24-25,28-31H,13,23H2,1-2H3. The molecule has 1 aromatic heterocycles. The minimum absolute atomic E-state index is 1.00. The molecule has 0 N–H and O–H groups in total. The second-order valence-corrected chi connectivity index (χ2v) is 18.4. The Hall–Kier alpha value is -5.53. The fourth-order valence-corrected chi connectivity index (χ4v) is 12.0. The Morgan fingerprint density at radius 1 is 0.647 bits per heavy atom. The summed E-state index contributed by atoms with van der Waals surface area (Å²) in [5.41, 5.74) is 10.9. The Morgan fingerprint density at radius 2 is 1.43 bits per heavy atom. The first kappa shape index (κ1) is 30.3. The number of benzene rings is 6. The van der Waals surface area contributed by atoms with E-state index < -0.39 is 10.0 Å². The topological polar surface area (TPSA) is 3.24 Å². The minimum Gasteiger partial charge on any atom is -0.303 e. The number of anilines is 3. The van der Waals surface area contributed by atoms with Crippen LogP contribution < -0.4 is 15.3 Å². The fraction of sp³-hybridized carbons (Fsp3) is 0.0833. The zero-order valence-electron chi connectivity index (χ0n) is 28.6. The summed E-state index contributed by atoms with van der Waals surface area (Å²) >= 11 is 1.91. The zero-order chi connectivity index (χ0) is 34.1. The molecule has 1 aliphatic carbocycles. The minimum atomic E-state index is -1.32. The second kappa shape index (κ2) is 11.8. The molecule has 8 aromatic rings. The lowest BCUT2D eigenvalue weighted by Crippen LogP contribution is -2.29. The summed E-state index contributed by atoms with van der Waals surface area (Å²) in [6.07, 6.45) is 9.32. The molecule has 0 saturated heterocycles. The van der Waals surface area contributed by atoms with Crippen molar-refractivity contribution in [1.82, 2.24) is 0 Å². The molecule has 2 aliphatic rings. The zero-order valence-corrected chi connectivity index (χ0v) is 30.2. The summed E-state index contributed by atoms with van der Waals surface area (Å²) in [5.74, 6) is 0. The van der Waals surface area contributed by atoms with E-state index in [1.807, 2.05) is 11.3 Å². The third-order valence-electron chi connectivity index (χ3n) is 10.7. The van der Waals surface area contributed by atoms with Gasteiger partial charge in [-0.1, -0.05) is 121 Å². The van der Waals surface area contributed by atoms with E-state index in [0.29, 0.717) is 0 Å². The van der Waals surface area contributed by atoms with Gasteiger partial charge in [-0.3, -0.25) is 0 Å². The van der Waals surface area contributed by atoms with Gasteiger partial charge in [-0.05, 0) is 95.0 Å². The van der Waals surface area contributed by atoms with E-state index in [2.05, 4.69) is 181 Å². The van der Waals surface area contributed by atoms with Crippen molar-refractivity contribution in [3.05, 3.63) is 174 Å². The summed E-state index contributed by atoms with van der Waals surface area (Å²) in [7, 11) is -1.32. The lowest BCUT2D eigenvalue weighted by molar-refractivity contribution is 1.07. The molecule has 244 valence electrons. The predicted octanol–water partition coefficient (Wildman–Crippen LogP) is 12.0. The van der Waals surface area contributed by atoms with Crippen LogP contribution in [0, 0.1) is 12.1 Å². The predicted molar refractivity (Wildman–Crippen MR) is 220 cm³/mol. The maximum absolute atomic E-state index is 3.80. The lowest BCUT2D eigenvalue weighted by Gasteiger charge is -2.31. The molecule has 0 unspecified atom stereocenters. The van der Waals surface area contributed by atoms with Gasteiger partial charge in [-0.25, -0.2) is 0 Å². The molecule has 0 radical (unpaired) electrons. The number of rotatable bonds is 5. The molecular weight excluding hydrogens is 655 g/mol. The van der Waals surface area contributed by atoms with Crippen LogP contribution in [0.25, 0.3) is 54.1 Å². The second-order valence-electron chi connectivity index (χ2n) is 13.8. The Labute approximate surface area is 304 Å². The molecule has 3 heteroatoms. The molecule has 0 atom stereocenters. The molecule has 0 saturated carbocycles. The number of fused-ring (bicyclic) bond motifs is 8. The van der Waals surface area contributed by atoms with Gasteiger partial charge in [0.05, 0.1) is 11.4 Å². The highest BCUT2D eigenvalue weighted by atomic mass is 32.3. The third-order valence-corrected chi connectivity index (χ3v) is 14.7. The largest absolute Gasteiger partial charge is 0.303 e. The molecular formula is C48H35NS2. The Bertz CT molecular complexity index is 2790. The Morgan fingerprint density at radius 3 is 2.35 bits per heavy atom. The number of nitrogens with zero attached hydrogens (tertiary/aromatic N) is 1. The van der Waals surface area contributed by atoms with Gasteiger partial charge in [0.2, 0.25) is 0 Å². The van der Waals surface area contributed by atoms with E-state index in [4.69, 9.17) is 0 Å². The first-order chi connectivity index (χ1) is 25.1. The average Bonchev–Trinajstić information content (AvgIpc) is 3.67. The van der Waals surface area contributed by atoms with Crippen LogP contribution in [-0.4, -0.2) is 12.5 Å². The third kappa shape index (κ3) is 4.79. The molecule has 2 heterocycles. The molecule has 0 bridgehead atoms. The number of para-hydroxylation sites is 1. The van der Waals surface area contributed by atoms with E-state index in [0.717, 1.165) is 29.9 Å². The van der Waals surface area contributed by atoms with Crippen molar-refractivity contribution >= 4 is 70.2 Å². The van der Waals surface area contributed by atoms with Crippen molar-refractivity contribution < 1.29 is 0 Å². The molecule has 0 spiro atoms. The van der Waals surface area contributed by atoms with Gasteiger partial charge in [0.25, 0.3) is 0 Å². The van der Waals surface area contributed by atoms with Crippen LogP contribution in [0.2, 0.25) is 0 Å². The fourth-order valence-electron chi connectivity index (χ4n) is 8.20. The van der Waals surface area contributed by atoms with E-state index in [1.54, 1.807) is 0 Å². The van der Waals surface area contributed by atoms with E-state index >= 15 is 0 Å². The van der Waals surface area contributed by atoms with Gasteiger partial charge in [-0.15, -0.1) is 11.3 Å². The van der Waals surface area contributed by atoms with Gasteiger partial charge in [0, 0.05) is 52.3 Å². The highest BCUT2D eigenvalue weighted by molar-refractivity contribution is 8.33. The number of thiophene rings is 1. The molecule has 1 aliphatic heterocycles. The van der Waals surface area contributed by atoms with Crippen LogP contribution >= 0.6 is 21.4 Å². The highest BCUT2D eigenvalue weighted by Crippen LogP contribution is 2.69. The maximum Gasteiger partial charge on any atom is 0.0985 e. The normalized spacial score (nSPS) is 14.7. The SMILES string of the molecule is CS1(C)c2cc(N(c3cccc(-c4ccccc4)c3)c3ccccc3C3=c4ccccc4=CCC3)c#cc2-c2c1ccc1c2sc2ccccc21. The first-order valence-electron chi connectivity index (χ1n) is 17.6. The van der Waals surface area contributed by atoms with Crippen molar-refractivity contribution in [2.45, 2.75) is 22.6 Å². The summed E-state index contributed by atoms with van der Waals surface area (Å²) in [5, 5.41) is 5.32. The Kier molecular flexibility index (Phi) is 7.00. The van der Waals surface area contributed by atoms with E-state index in [1.165, 1.54) is 73.8 Å². The van der Waals surface area contributed by atoms with Crippen LogP contribution in [0.3, 0.4) is 0 Å². The quantitative estimate of drug-likeness (QED) is 0.174. The molecule has 0 amide bonds. The summed E-state index contributed by atoms with van der Waals surface area (Å²) in [6.45, 7) is 0. The van der Waals surface area contributed by atoms with E-state index in [9.17, 15) is 0 Å². The maximum atomic E-state index is 3.80. The van der Waals surface area contributed by atoms with Crippen molar-refractivity contribution in [3.63, 3.8) is 0 Å². The molecule has 0 fully saturated rings. The molecule has 7 aromatic carbocycles. The molecule has 1 nitrogen and oxygen atoms in total. The monoisotopic (exact) mass is 689 g/mol. The number of hydrogen-bond donors (Lipinski definition) is 0. The Balaban J connectivity index is 1.21. The van der Waals surface area contributed by atoms with Crippen molar-refractivity contribution in [3.8, 4) is 22.3 Å². The summed E-state index contributed by atoms with van der Waals surface area (Å²) in [6, 6.07) is 61.0. The summed E-state index contributed by atoms with van der Waals surface area (Å²) < 4.78 is 2.70. The van der Waals surface area contributed by atoms with Gasteiger partial charge >= 0.3 is 0 Å². The van der Waals surface area contributed by atoms with Crippen LogP contribution in [0.4, 0.5) is 17.1 Å². The van der Waals surface area contributed by atoms with Crippen LogP contribution in [-0.2, 0) is 0 Å². The highest BCUT2D eigenvalue weighted by Gasteiger charge is 2.35. The average molecular weight is 690 g/mol. The van der Waals surface area contributed by atoms with Crippen LogP contribution in [0.1, 0.15) is 18.4 Å². The summed E-state index contributed by atoms with van der Waals surface area (Å²) in [4.78, 5) is 5.25. The van der Waals surface area contributed by atoms with Gasteiger partial charge < -0.3 is 4.90 Å². The lowest BCUT2D eigenvalue weighted by atomic mass is 9.92. The van der Waals surface area contributed by atoms with Crippen molar-refractivity contribution in [2.75, 3.05) is 17.4 Å². The van der Waals surface area contributed by atoms with Crippen molar-refractivity contribution in [1.29, 1.82) is 0 Å². The van der Waals surface area contributed by atoms with Gasteiger partial charge in [0.15, 0.2) is 0 Å².